The molecule has 2 aliphatic rings. The van der Waals surface area contributed by atoms with Crippen molar-refractivity contribution in [3.63, 3.8) is 0 Å². The summed E-state index contributed by atoms with van der Waals surface area (Å²) in [5, 5.41) is 14.2. The average Bonchev–Trinajstić information content (AvgIpc) is 3.16. The van der Waals surface area contributed by atoms with Gasteiger partial charge in [0, 0.05) is 38.9 Å². The maximum atomic E-state index is 9.20. The van der Waals surface area contributed by atoms with Crippen LogP contribution in [0.25, 0.3) is 5.52 Å². The molecule has 1 N–H and O–H groups in total. The zero-order valence-electron chi connectivity index (χ0n) is 16.9. The third-order valence-electron chi connectivity index (χ3n) is 5.59. The summed E-state index contributed by atoms with van der Waals surface area (Å²) in [6.07, 6.45) is 7.96. The Bertz CT molecular complexity index is 892. The second kappa shape index (κ2) is 8.41. The molecule has 150 valence electrons. The number of fused-ring (bicyclic) bond motifs is 1. The Morgan fingerprint density at radius 3 is 2.68 bits per heavy atom. The number of hydrogen-bond acceptors (Lipinski definition) is 6. The van der Waals surface area contributed by atoms with Crippen molar-refractivity contribution in [3.05, 3.63) is 35.4 Å². The molecule has 0 bridgehead atoms. The molecule has 2 aromatic rings. The summed E-state index contributed by atoms with van der Waals surface area (Å²) < 4.78 is 2.10. The molecule has 0 aliphatic carbocycles. The summed E-state index contributed by atoms with van der Waals surface area (Å²) in [6, 6.07) is 2.17. The molecule has 1 fully saturated rings. The number of aliphatic hydroxyl groups excluding tert-OH is 1. The number of aliphatic hydroxyl groups is 1. The van der Waals surface area contributed by atoms with Gasteiger partial charge >= 0.3 is 0 Å². The highest BCUT2D eigenvalue weighted by atomic mass is 16.3. The maximum Gasteiger partial charge on any atom is 0.152 e. The number of aryl methyl sites for hydroxylation is 2. The lowest BCUT2D eigenvalue weighted by Crippen LogP contribution is -2.48. The largest absolute Gasteiger partial charge is 0.395 e. The van der Waals surface area contributed by atoms with Crippen molar-refractivity contribution in [2.75, 3.05) is 44.2 Å². The van der Waals surface area contributed by atoms with Crippen molar-refractivity contribution in [2.24, 2.45) is 4.99 Å². The Labute approximate surface area is 166 Å². The summed E-state index contributed by atoms with van der Waals surface area (Å²) >= 11 is 0. The zero-order chi connectivity index (χ0) is 19.5. The molecule has 0 saturated carbocycles. The van der Waals surface area contributed by atoms with Crippen LogP contribution in [-0.4, -0.2) is 69.6 Å². The van der Waals surface area contributed by atoms with Crippen LogP contribution in [-0.2, 0) is 6.42 Å². The minimum atomic E-state index is 0.218. The molecule has 1 saturated heterocycles. The first-order valence-electron chi connectivity index (χ1n) is 10.4. The van der Waals surface area contributed by atoms with Crippen molar-refractivity contribution in [3.8, 4) is 0 Å². The Kier molecular flexibility index (Phi) is 5.73. The number of piperazine rings is 1. The van der Waals surface area contributed by atoms with Gasteiger partial charge in [-0.15, -0.1) is 0 Å². The van der Waals surface area contributed by atoms with E-state index >= 15 is 0 Å². The predicted octanol–water partition coefficient (Wildman–Crippen LogP) is 2.20. The third kappa shape index (κ3) is 3.69. The van der Waals surface area contributed by atoms with Crippen molar-refractivity contribution in [1.82, 2.24) is 19.5 Å². The number of aromatic nitrogens is 3. The molecule has 0 spiro atoms. The van der Waals surface area contributed by atoms with E-state index in [0.717, 1.165) is 92.5 Å². The number of anilines is 1. The highest BCUT2D eigenvalue weighted by Crippen LogP contribution is 2.26. The summed E-state index contributed by atoms with van der Waals surface area (Å²) in [7, 11) is 0. The van der Waals surface area contributed by atoms with Crippen LogP contribution in [0.5, 0.6) is 0 Å². The summed E-state index contributed by atoms with van der Waals surface area (Å²) in [4.78, 5) is 14.2. The van der Waals surface area contributed by atoms with Gasteiger partial charge in [-0.25, -0.2) is 4.52 Å². The molecule has 0 radical (unpaired) electrons. The Balaban J connectivity index is 1.74. The van der Waals surface area contributed by atoms with Gasteiger partial charge in [-0.1, -0.05) is 19.4 Å². The van der Waals surface area contributed by atoms with Gasteiger partial charge in [0.1, 0.15) is 5.69 Å². The van der Waals surface area contributed by atoms with E-state index in [1.165, 1.54) is 0 Å². The normalized spacial score (nSPS) is 18.1. The molecule has 0 atom stereocenters. The predicted molar refractivity (Wildman–Crippen MR) is 112 cm³/mol. The van der Waals surface area contributed by atoms with E-state index in [0.29, 0.717) is 0 Å². The first-order valence-corrected chi connectivity index (χ1v) is 10.4. The van der Waals surface area contributed by atoms with Crippen LogP contribution >= 0.6 is 0 Å². The SMILES string of the molecule is CCCc1nc(C)c(N2CCN(CCO)CC2)n2nc(C3=NC=CCC3)cc12. The minimum Gasteiger partial charge on any atom is -0.395 e. The van der Waals surface area contributed by atoms with Crippen molar-refractivity contribution in [1.29, 1.82) is 0 Å². The van der Waals surface area contributed by atoms with Gasteiger partial charge in [-0.3, -0.25) is 14.9 Å². The summed E-state index contributed by atoms with van der Waals surface area (Å²) in [5.41, 5.74) is 5.28. The van der Waals surface area contributed by atoms with E-state index in [4.69, 9.17) is 10.1 Å². The van der Waals surface area contributed by atoms with E-state index in [2.05, 4.69) is 45.3 Å². The third-order valence-corrected chi connectivity index (χ3v) is 5.59. The van der Waals surface area contributed by atoms with Gasteiger partial charge in [-0.2, -0.15) is 5.10 Å². The van der Waals surface area contributed by atoms with Gasteiger partial charge in [0.25, 0.3) is 0 Å². The first-order chi connectivity index (χ1) is 13.7. The highest BCUT2D eigenvalue weighted by molar-refractivity contribution is 6.01. The first kappa shape index (κ1) is 19.1. The Morgan fingerprint density at radius 2 is 2.00 bits per heavy atom. The second-order valence-electron chi connectivity index (χ2n) is 7.60. The van der Waals surface area contributed by atoms with Crippen LogP contribution in [0.15, 0.2) is 23.3 Å². The Hall–Kier alpha value is -2.25. The molecule has 0 amide bonds. The molecule has 28 heavy (non-hydrogen) atoms. The lowest BCUT2D eigenvalue weighted by Gasteiger charge is -2.36. The number of β-amino-alcohol motifs (C(OH)–C–C–N with tert-alkyl or cyclic N) is 1. The van der Waals surface area contributed by atoms with E-state index in [-0.39, 0.29) is 6.61 Å². The summed E-state index contributed by atoms with van der Waals surface area (Å²) in [6.45, 7) is 8.98. The quantitative estimate of drug-likeness (QED) is 0.829. The van der Waals surface area contributed by atoms with Gasteiger partial charge in [0.05, 0.1) is 29.2 Å². The lowest BCUT2D eigenvalue weighted by molar-refractivity contribution is 0.188. The number of nitrogens with zero attached hydrogens (tertiary/aromatic N) is 6. The number of hydrogen-bond donors (Lipinski definition) is 1. The van der Waals surface area contributed by atoms with E-state index in [1.54, 1.807) is 0 Å². The van der Waals surface area contributed by atoms with Crippen LogP contribution < -0.4 is 4.90 Å². The van der Waals surface area contributed by atoms with Gasteiger partial charge in [0.15, 0.2) is 5.82 Å². The monoisotopic (exact) mass is 382 g/mol. The molecule has 0 aromatic carbocycles. The topological polar surface area (TPSA) is 69.3 Å². The van der Waals surface area contributed by atoms with Crippen molar-refractivity contribution < 1.29 is 5.11 Å². The van der Waals surface area contributed by atoms with Crippen LogP contribution in [0, 0.1) is 6.92 Å². The highest BCUT2D eigenvalue weighted by Gasteiger charge is 2.24. The fourth-order valence-corrected chi connectivity index (χ4v) is 4.16. The van der Waals surface area contributed by atoms with Crippen molar-refractivity contribution in [2.45, 2.75) is 39.5 Å². The van der Waals surface area contributed by atoms with Crippen molar-refractivity contribution >= 4 is 17.0 Å². The molecule has 4 rings (SSSR count). The van der Waals surface area contributed by atoms with Crippen LogP contribution in [0.2, 0.25) is 0 Å². The molecule has 2 aromatic heterocycles. The summed E-state index contributed by atoms with van der Waals surface area (Å²) in [5.74, 6) is 1.09. The lowest BCUT2D eigenvalue weighted by atomic mass is 10.1. The fraction of sp³-hybridized carbons (Fsp3) is 0.571. The van der Waals surface area contributed by atoms with E-state index in [1.807, 2.05) is 6.20 Å². The van der Waals surface area contributed by atoms with Crippen LogP contribution in [0.4, 0.5) is 5.82 Å². The van der Waals surface area contributed by atoms with Gasteiger partial charge in [0.2, 0.25) is 0 Å². The van der Waals surface area contributed by atoms with E-state index < -0.39 is 0 Å². The molecular formula is C21H30N6O. The molecule has 7 nitrogen and oxygen atoms in total. The fourth-order valence-electron chi connectivity index (χ4n) is 4.16. The van der Waals surface area contributed by atoms with Gasteiger partial charge in [-0.05, 0) is 32.3 Å². The number of aliphatic imine (C=N–C) groups is 1. The van der Waals surface area contributed by atoms with Gasteiger partial charge < -0.3 is 10.0 Å². The van der Waals surface area contributed by atoms with Crippen LogP contribution in [0.1, 0.15) is 43.3 Å². The number of rotatable bonds is 6. The minimum absolute atomic E-state index is 0.218. The standard InChI is InChI=1S/C21H30N6O/c1-3-6-18-20-15-19(17-7-4-5-8-22-17)24-27(20)21(16(2)23-18)26-11-9-25(10-12-26)13-14-28/h5,8,15,28H,3-4,6-7,9-14H2,1-2H3. The Morgan fingerprint density at radius 1 is 1.18 bits per heavy atom. The average molecular weight is 383 g/mol. The number of allylic oxidation sites excluding steroid dienone is 1. The molecule has 7 heteroatoms. The molecule has 2 aliphatic heterocycles. The molecule has 4 heterocycles. The molecular weight excluding hydrogens is 352 g/mol. The van der Waals surface area contributed by atoms with E-state index in [9.17, 15) is 5.11 Å². The van der Waals surface area contributed by atoms with Crippen LogP contribution in [0.3, 0.4) is 0 Å². The maximum absolute atomic E-state index is 9.20. The second-order valence-corrected chi connectivity index (χ2v) is 7.60. The molecule has 0 unspecified atom stereocenters. The zero-order valence-corrected chi connectivity index (χ0v) is 16.9. The smallest absolute Gasteiger partial charge is 0.152 e.